The van der Waals surface area contributed by atoms with E-state index in [2.05, 4.69) is 19.2 Å². The lowest BCUT2D eigenvalue weighted by Crippen LogP contribution is -2.43. The van der Waals surface area contributed by atoms with E-state index in [0.717, 1.165) is 38.5 Å². The first-order valence-corrected chi connectivity index (χ1v) is 11.2. The molecule has 0 radical (unpaired) electrons. The molecule has 1 rings (SSSR count). The van der Waals surface area contributed by atoms with Crippen LogP contribution in [0.4, 0.5) is 5.69 Å². The van der Waals surface area contributed by atoms with E-state index in [1.807, 2.05) is 4.90 Å². The standard InChI is InChI=1S/C22H34Cl2N2O3/c1-4-6-8-13-26(14-9-7-5-2)22(28)18(12-15-29-3)21(27)25-17-10-11-19(23)20(24)16-17/h10-11,16,18H,4-9,12-15H2,1-3H3,(H,25,27). The molecule has 1 aromatic carbocycles. The van der Waals surface area contributed by atoms with Gasteiger partial charge in [-0.15, -0.1) is 0 Å². The molecule has 164 valence electrons. The van der Waals surface area contributed by atoms with Crippen molar-refractivity contribution in [3.8, 4) is 0 Å². The molecule has 0 aliphatic carbocycles. The second-order valence-electron chi connectivity index (χ2n) is 7.19. The Balaban J connectivity index is 2.92. The molecule has 0 saturated carbocycles. The van der Waals surface area contributed by atoms with Crippen LogP contribution in [0, 0.1) is 5.92 Å². The third-order valence-corrected chi connectivity index (χ3v) is 5.53. The molecule has 0 spiro atoms. The molecule has 0 fully saturated rings. The number of nitrogens with one attached hydrogen (secondary N) is 1. The number of amides is 2. The van der Waals surface area contributed by atoms with Gasteiger partial charge in [0.05, 0.1) is 10.0 Å². The topological polar surface area (TPSA) is 58.6 Å². The highest BCUT2D eigenvalue weighted by Crippen LogP contribution is 2.25. The van der Waals surface area contributed by atoms with Crippen molar-refractivity contribution < 1.29 is 14.3 Å². The number of nitrogens with zero attached hydrogens (tertiary/aromatic N) is 1. The third kappa shape index (κ3) is 9.37. The van der Waals surface area contributed by atoms with Gasteiger partial charge in [-0.1, -0.05) is 62.7 Å². The summed E-state index contributed by atoms with van der Waals surface area (Å²) in [6.07, 6.45) is 6.52. The van der Waals surface area contributed by atoms with Gasteiger partial charge in [0.2, 0.25) is 11.8 Å². The zero-order valence-corrected chi connectivity index (χ0v) is 19.3. The molecule has 29 heavy (non-hydrogen) atoms. The number of methoxy groups -OCH3 is 1. The van der Waals surface area contributed by atoms with E-state index in [1.54, 1.807) is 25.3 Å². The molecule has 1 atom stereocenters. The number of hydrogen-bond acceptors (Lipinski definition) is 3. The fourth-order valence-electron chi connectivity index (χ4n) is 3.06. The zero-order chi connectivity index (χ0) is 21.6. The summed E-state index contributed by atoms with van der Waals surface area (Å²) < 4.78 is 5.15. The summed E-state index contributed by atoms with van der Waals surface area (Å²) in [6, 6.07) is 4.87. The molecule has 0 aliphatic heterocycles. The Morgan fingerprint density at radius 3 is 2.17 bits per heavy atom. The fourth-order valence-corrected chi connectivity index (χ4v) is 3.36. The largest absolute Gasteiger partial charge is 0.385 e. The number of carbonyl (C=O) groups is 2. The maximum absolute atomic E-state index is 13.3. The lowest BCUT2D eigenvalue weighted by molar-refractivity contribution is -0.141. The van der Waals surface area contributed by atoms with Crippen LogP contribution < -0.4 is 5.32 Å². The van der Waals surface area contributed by atoms with Gasteiger partial charge < -0.3 is 15.0 Å². The second kappa shape index (κ2) is 14.6. The molecular formula is C22H34Cl2N2O3. The van der Waals surface area contributed by atoms with Crippen LogP contribution in [0.1, 0.15) is 58.8 Å². The molecule has 1 aromatic rings. The van der Waals surface area contributed by atoms with Crippen LogP contribution in [-0.4, -0.2) is 43.5 Å². The van der Waals surface area contributed by atoms with Gasteiger partial charge >= 0.3 is 0 Å². The van der Waals surface area contributed by atoms with E-state index >= 15 is 0 Å². The Bertz CT molecular complexity index is 630. The summed E-state index contributed by atoms with van der Waals surface area (Å²) in [5.74, 6) is -1.28. The van der Waals surface area contributed by atoms with Gasteiger partial charge in [-0.3, -0.25) is 9.59 Å². The molecule has 0 aromatic heterocycles. The van der Waals surface area contributed by atoms with E-state index < -0.39 is 5.92 Å². The number of hydrogen-bond donors (Lipinski definition) is 1. The van der Waals surface area contributed by atoms with Gasteiger partial charge in [0.1, 0.15) is 5.92 Å². The first kappa shape index (κ1) is 25.7. The average Bonchev–Trinajstić information content (AvgIpc) is 2.70. The summed E-state index contributed by atoms with van der Waals surface area (Å²) in [5, 5.41) is 3.57. The van der Waals surface area contributed by atoms with Crippen LogP contribution in [0.15, 0.2) is 18.2 Å². The molecule has 0 aliphatic rings. The van der Waals surface area contributed by atoms with Gasteiger partial charge in [0.15, 0.2) is 0 Å². The molecule has 5 nitrogen and oxygen atoms in total. The zero-order valence-electron chi connectivity index (χ0n) is 17.8. The predicted molar refractivity (Wildman–Crippen MR) is 121 cm³/mol. The Morgan fingerprint density at radius 2 is 1.66 bits per heavy atom. The predicted octanol–water partition coefficient (Wildman–Crippen LogP) is 5.79. The lowest BCUT2D eigenvalue weighted by Gasteiger charge is -2.27. The summed E-state index contributed by atoms with van der Waals surface area (Å²) in [7, 11) is 1.57. The summed E-state index contributed by atoms with van der Waals surface area (Å²) >= 11 is 12.0. The monoisotopic (exact) mass is 444 g/mol. The lowest BCUT2D eigenvalue weighted by atomic mass is 10.0. The molecule has 1 unspecified atom stereocenters. The Morgan fingerprint density at radius 1 is 1.03 bits per heavy atom. The molecule has 0 saturated heterocycles. The number of ether oxygens (including phenoxy) is 1. The van der Waals surface area contributed by atoms with Gasteiger partial charge in [-0.05, 0) is 37.5 Å². The second-order valence-corrected chi connectivity index (χ2v) is 8.01. The molecular weight excluding hydrogens is 411 g/mol. The minimum atomic E-state index is -0.798. The van der Waals surface area contributed by atoms with Crippen LogP contribution in [0.5, 0.6) is 0 Å². The highest BCUT2D eigenvalue weighted by molar-refractivity contribution is 6.42. The highest BCUT2D eigenvalue weighted by atomic mass is 35.5. The van der Waals surface area contributed by atoms with Crippen molar-refractivity contribution in [1.29, 1.82) is 0 Å². The summed E-state index contributed by atoms with van der Waals surface area (Å²) in [5.41, 5.74) is 0.517. The SMILES string of the molecule is CCCCCN(CCCCC)C(=O)C(CCOC)C(=O)Nc1ccc(Cl)c(Cl)c1. The van der Waals surface area contributed by atoms with Crippen molar-refractivity contribution in [3.63, 3.8) is 0 Å². The van der Waals surface area contributed by atoms with Crippen molar-refractivity contribution >= 4 is 40.7 Å². The fraction of sp³-hybridized carbons (Fsp3) is 0.636. The Hall–Kier alpha value is -1.30. The first-order valence-electron chi connectivity index (χ1n) is 10.5. The van der Waals surface area contributed by atoms with Crippen molar-refractivity contribution in [1.82, 2.24) is 4.90 Å². The number of halogens is 2. The normalized spacial score (nSPS) is 11.9. The highest BCUT2D eigenvalue weighted by Gasteiger charge is 2.30. The van der Waals surface area contributed by atoms with E-state index in [4.69, 9.17) is 27.9 Å². The van der Waals surface area contributed by atoms with Crippen molar-refractivity contribution in [2.24, 2.45) is 5.92 Å². The minimum Gasteiger partial charge on any atom is -0.385 e. The third-order valence-electron chi connectivity index (χ3n) is 4.79. The molecule has 1 N–H and O–H groups in total. The first-order chi connectivity index (χ1) is 13.9. The molecule has 2 amide bonds. The van der Waals surface area contributed by atoms with Gasteiger partial charge in [-0.25, -0.2) is 0 Å². The van der Waals surface area contributed by atoms with Gasteiger partial charge in [-0.2, -0.15) is 0 Å². The molecule has 0 bridgehead atoms. The molecule has 0 heterocycles. The Kier molecular flexibility index (Phi) is 13.0. The number of carbonyl (C=O) groups excluding carboxylic acids is 2. The van der Waals surface area contributed by atoms with Crippen LogP contribution in [0.25, 0.3) is 0 Å². The average molecular weight is 445 g/mol. The quantitative estimate of drug-likeness (QED) is 0.291. The van der Waals surface area contributed by atoms with E-state index in [1.165, 1.54) is 0 Å². The van der Waals surface area contributed by atoms with Crippen molar-refractivity contribution in [3.05, 3.63) is 28.2 Å². The Labute approximate surface area is 185 Å². The van der Waals surface area contributed by atoms with Crippen LogP contribution in [0.2, 0.25) is 10.0 Å². The van der Waals surface area contributed by atoms with Crippen molar-refractivity contribution in [2.75, 3.05) is 32.1 Å². The molecule has 7 heteroatoms. The summed E-state index contributed by atoms with van der Waals surface area (Å²) in [6.45, 7) is 5.97. The van der Waals surface area contributed by atoms with E-state index in [0.29, 0.717) is 41.8 Å². The number of anilines is 1. The van der Waals surface area contributed by atoms with E-state index in [9.17, 15) is 9.59 Å². The van der Waals surface area contributed by atoms with Gasteiger partial charge in [0.25, 0.3) is 0 Å². The van der Waals surface area contributed by atoms with Gasteiger partial charge in [0, 0.05) is 32.5 Å². The maximum Gasteiger partial charge on any atom is 0.237 e. The minimum absolute atomic E-state index is 0.133. The summed E-state index contributed by atoms with van der Waals surface area (Å²) in [4.78, 5) is 28.0. The maximum atomic E-state index is 13.3. The number of benzene rings is 1. The van der Waals surface area contributed by atoms with Crippen LogP contribution >= 0.6 is 23.2 Å². The number of rotatable bonds is 14. The smallest absolute Gasteiger partial charge is 0.237 e. The van der Waals surface area contributed by atoms with E-state index in [-0.39, 0.29) is 11.8 Å². The van der Waals surface area contributed by atoms with Crippen LogP contribution in [0.3, 0.4) is 0 Å². The van der Waals surface area contributed by atoms with Crippen molar-refractivity contribution in [2.45, 2.75) is 58.8 Å². The number of unbranched alkanes of at least 4 members (excludes halogenated alkanes) is 4. The van der Waals surface area contributed by atoms with Crippen LogP contribution in [-0.2, 0) is 14.3 Å².